The van der Waals surface area contributed by atoms with Gasteiger partial charge in [0.2, 0.25) is 0 Å². The number of imidazole rings is 1. The van der Waals surface area contributed by atoms with Crippen molar-refractivity contribution < 1.29 is 0 Å². The molecule has 0 aliphatic heterocycles. The third-order valence-electron chi connectivity index (χ3n) is 2.85. The van der Waals surface area contributed by atoms with E-state index >= 15 is 0 Å². The molecule has 1 atom stereocenters. The lowest BCUT2D eigenvalue weighted by Gasteiger charge is -2.04. The molecule has 0 radical (unpaired) electrons. The molecule has 1 aromatic carbocycles. The van der Waals surface area contributed by atoms with Gasteiger partial charge < -0.3 is 10.3 Å². The summed E-state index contributed by atoms with van der Waals surface area (Å²) in [6, 6.07) is 10.4. The molecule has 0 spiro atoms. The van der Waals surface area contributed by atoms with Crippen LogP contribution in [0.4, 0.5) is 0 Å². The largest absolute Gasteiger partial charge is 0.333 e. The van der Waals surface area contributed by atoms with Gasteiger partial charge in [-0.15, -0.1) is 0 Å². The Morgan fingerprint density at radius 1 is 1.29 bits per heavy atom. The molecule has 1 heterocycles. The summed E-state index contributed by atoms with van der Waals surface area (Å²) in [6.45, 7) is 3.74. The second-order valence-corrected chi connectivity index (χ2v) is 4.57. The van der Waals surface area contributed by atoms with Crippen molar-refractivity contribution in [2.24, 2.45) is 11.7 Å². The lowest BCUT2D eigenvalue weighted by Crippen LogP contribution is -2.13. The number of rotatable bonds is 5. The van der Waals surface area contributed by atoms with E-state index in [9.17, 15) is 0 Å². The van der Waals surface area contributed by atoms with E-state index in [1.54, 1.807) is 0 Å². The Hall–Kier alpha value is -1.61. The number of nitrogens with zero attached hydrogens (tertiary/aromatic N) is 2. The van der Waals surface area contributed by atoms with Crippen LogP contribution in [0.25, 0.3) is 0 Å². The smallest absolute Gasteiger partial charge is 0.0952 e. The van der Waals surface area contributed by atoms with Crippen LogP contribution >= 0.6 is 0 Å². The summed E-state index contributed by atoms with van der Waals surface area (Å²) < 4.78 is 2.12. The molecule has 2 N–H and O–H groups in total. The first kappa shape index (κ1) is 11.9. The maximum Gasteiger partial charge on any atom is 0.0952 e. The Labute approximate surface area is 102 Å². The van der Waals surface area contributed by atoms with E-state index in [1.807, 2.05) is 12.4 Å². The molecule has 1 unspecified atom stereocenters. The Morgan fingerprint density at radius 2 is 2.06 bits per heavy atom. The van der Waals surface area contributed by atoms with Crippen molar-refractivity contribution in [3.8, 4) is 0 Å². The van der Waals surface area contributed by atoms with Crippen LogP contribution in [0.1, 0.15) is 18.2 Å². The predicted octanol–water partition coefficient (Wildman–Crippen LogP) is 2.07. The standard InChI is InChI=1S/C14H19N3/c1-12(8-15)7-14-10-17(11-16-14)9-13-5-3-2-4-6-13/h2-6,10-12H,7-9,15H2,1H3. The van der Waals surface area contributed by atoms with E-state index in [-0.39, 0.29) is 0 Å². The first-order valence-corrected chi connectivity index (χ1v) is 6.02. The summed E-state index contributed by atoms with van der Waals surface area (Å²) in [7, 11) is 0. The molecule has 0 aliphatic carbocycles. The molecule has 3 heteroatoms. The molecule has 0 saturated heterocycles. The van der Waals surface area contributed by atoms with Crippen LogP contribution in [0.3, 0.4) is 0 Å². The van der Waals surface area contributed by atoms with Gasteiger partial charge in [-0.05, 0) is 24.4 Å². The van der Waals surface area contributed by atoms with Gasteiger partial charge in [0.1, 0.15) is 0 Å². The minimum Gasteiger partial charge on any atom is -0.333 e. The summed E-state index contributed by atoms with van der Waals surface area (Å²) in [5.41, 5.74) is 8.03. The molecule has 0 aliphatic rings. The van der Waals surface area contributed by atoms with E-state index in [0.29, 0.717) is 12.5 Å². The van der Waals surface area contributed by atoms with Gasteiger partial charge in [-0.1, -0.05) is 37.3 Å². The van der Waals surface area contributed by atoms with E-state index in [1.165, 1.54) is 5.56 Å². The molecule has 3 nitrogen and oxygen atoms in total. The van der Waals surface area contributed by atoms with E-state index < -0.39 is 0 Å². The molecule has 0 bridgehead atoms. The molecule has 2 rings (SSSR count). The fourth-order valence-corrected chi connectivity index (χ4v) is 1.83. The van der Waals surface area contributed by atoms with Crippen molar-refractivity contribution in [1.29, 1.82) is 0 Å². The van der Waals surface area contributed by atoms with Gasteiger partial charge >= 0.3 is 0 Å². The fraction of sp³-hybridized carbons (Fsp3) is 0.357. The number of nitrogens with two attached hydrogens (primary N) is 1. The van der Waals surface area contributed by atoms with Gasteiger partial charge in [-0.3, -0.25) is 0 Å². The molecule has 0 amide bonds. The van der Waals surface area contributed by atoms with E-state index in [2.05, 4.69) is 46.9 Å². The number of hydrogen-bond donors (Lipinski definition) is 1. The molecule has 0 fully saturated rings. The van der Waals surface area contributed by atoms with Crippen molar-refractivity contribution in [3.63, 3.8) is 0 Å². The minimum atomic E-state index is 0.495. The summed E-state index contributed by atoms with van der Waals surface area (Å²) in [6.07, 6.45) is 4.96. The van der Waals surface area contributed by atoms with Crippen molar-refractivity contribution in [3.05, 3.63) is 54.1 Å². The monoisotopic (exact) mass is 229 g/mol. The van der Waals surface area contributed by atoms with Gasteiger partial charge in [0, 0.05) is 12.7 Å². The zero-order chi connectivity index (χ0) is 12.1. The molecule has 0 saturated carbocycles. The van der Waals surface area contributed by atoms with E-state index in [0.717, 1.165) is 18.7 Å². The molecular weight excluding hydrogens is 210 g/mol. The van der Waals surface area contributed by atoms with E-state index in [4.69, 9.17) is 5.73 Å². The summed E-state index contributed by atoms with van der Waals surface area (Å²) in [5, 5.41) is 0. The highest BCUT2D eigenvalue weighted by molar-refractivity contribution is 5.15. The van der Waals surface area contributed by atoms with Crippen LogP contribution in [0.5, 0.6) is 0 Å². The minimum absolute atomic E-state index is 0.495. The second kappa shape index (κ2) is 5.64. The molecule has 17 heavy (non-hydrogen) atoms. The first-order chi connectivity index (χ1) is 8.28. The summed E-state index contributed by atoms with van der Waals surface area (Å²) in [4.78, 5) is 4.41. The third-order valence-corrected chi connectivity index (χ3v) is 2.85. The summed E-state index contributed by atoms with van der Waals surface area (Å²) in [5.74, 6) is 0.495. The molecule has 2 aromatic rings. The first-order valence-electron chi connectivity index (χ1n) is 6.02. The van der Waals surface area contributed by atoms with Crippen molar-refractivity contribution in [1.82, 2.24) is 9.55 Å². The maximum atomic E-state index is 5.62. The lowest BCUT2D eigenvalue weighted by molar-refractivity contribution is 0.585. The van der Waals surface area contributed by atoms with Gasteiger partial charge in [-0.25, -0.2) is 4.98 Å². The molecule has 1 aromatic heterocycles. The fourth-order valence-electron chi connectivity index (χ4n) is 1.83. The normalized spacial score (nSPS) is 12.6. The SMILES string of the molecule is CC(CN)Cc1cn(Cc2ccccc2)cn1. The highest BCUT2D eigenvalue weighted by atomic mass is 15.0. The number of benzene rings is 1. The van der Waals surface area contributed by atoms with Crippen LogP contribution in [0.15, 0.2) is 42.9 Å². The van der Waals surface area contributed by atoms with Gasteiger partial charge in [0.15, 0.2) is 0 Å². The van der Waals surface area contributed by atoms with Crippen molar-refractivity contribution in [2.45, 2.75) is 19.9 Å². The topological polar surface area (TPSA) is 43.8 Å². The van der Waals surface area contributed by atoms with Gasteiger partial charge in [0.05, 0.1) is 12.0 Å². The zero-order valence-corrected chi connectivity index (χ0v) is 10.2. The average molecular weight is 229 g/mol. The van der Waals surface area contributed by atoms with Crippen LogP contribution in [0, 0.1) is 5.92 Å². The zero-order valence-electron chi connectivity index (χ0n) is 10.2. The highest BCUT2D eigenvalue weighted by Crippen LogP contribution is 2.07. The predicted molar refractivity (Wildman–Crippen MR) is 69.7 cm³/mol. The molecule has 90 valence electrons. The van der Waals surface area contributed by atoms with Gasteiger partial charge in [-0.2, -0.15) is 0 Å². The summed E-state index contributed by atoms with van der Waals surface area (Å²) >= 11 is 0. The Balaban J connectivity index is 1.99. The maximum absolute atomic E-state index is 5.62. The van der Waals surface area contributed by atoms with Crippen LogP contribution in [-0.4, -0.2) is 16.1 Å². The highest BCUT2D eigenvalue weighted by Gasteiger charge is 2.04. The lowest BCUT2D eigenvalue weighted by atomic mass is 10.1. The number of aromatic nitrogens is 2. The van der Waals surface area contributed by atoms with Crippen molar-refractivity contribution >= 4 is 0 Å². The Morgan fingerprint density at radius 3 is 2.76 bits per heavy atom. The second-order valence-electron chi connectivity index (χ2n) is 4.57. The quantitative estimate of drug-likeness (QED) is 0.853. The van der Waals surface area contributed by atoms with Crippen LogP contribution < -0.4 is 5.73 Å². The average Bonchev–Trinajstić information content (AvgIpc) is 2.77. The third kappa shape index (κ3) is 3.43. The Bertz CT molecular complexity index is 448. The van der Waals surface area contributed by atoms with Crippen LogP contribution in [0.2, 0.25) is 0 Å². The van der Waals surface area contributed by atoms with Crippen LogP contribution in [-0.2, 0) is 13.0 Å². The van der Waals surface area contributed by atoms with Gasteiger partial charge in [0.25, 0.3) is 0 Å². The Kier molecular flexibility index (Phi) is 3.94. The number of hydrogen-bond acceptors (Lipinski definition) is 2. The molecular formula is C14H19N3. The van der Waals surface area contributed by atoms with Crippen molar-refractivity contribution in [2.75, 3.05) is 6.54 Å².